The summed E-state index contributed by atoms with van der Waals surface area (Å²) in [7, 11) is 0. The van der Waals surface area contributed by atoms with Gasteiger partial charge < -0.3 is 16.0 Å². The van der Waals surface area contributed by atoms with Crippen molar-refractivity contribution in [2.24, 2.45) is 0 Å². The summed E-state index contributed by atoms with van der Waals surface area (Å²) in [5.74, 6) is -0.242. The fraction of sp³-hybridized carbons (Fsp3) is 0.250. The molecule has 1 atom stereocenters. The number of urea groups is 1. The summed E-state index contributed by atoms with van der Waals surface area (Å²) in [6, 6.07) is 14.1. The van der Waals surface area contributed by atoms with Crippen molar-refractivity contribution < 1.29 is 9.59 Å². The third-order valence-corrected chi connectivity index (χ3v) is 4.25. The zero-order valence-corrected chi connectivity index (χ0v) is 15.4. The van der Waals surface area contributed by atoms with Crippen molar-refractivity contribution in [2.45, 2.75) is 33.0 Å². The number of nitrogens with one attached hydrogen (secondary N) is 3. The van der Waals surface area contributed by atoms with Crippen LogP contribution in [0.3, 0.4) is 0 Å². The van der Waals surface area contributed by atoms with Crippen LogP contribution < -0.4 is 16.0 Å². The second-order valence-corrected chi connectivity index (χ2v) is 6.26. The number of aromatic nitrogens is 2. The first-order chi connectivity index (χ1) is 13.1. The van der Waals surface area contributed by atoms with Crippen LogP contribution in [0.15, 0.2) is 54.7 Å². The molecule has 7 heteroatoms. The summed E-state index contributed by atoms with van der Waals surface area (Å²) in [6.07, 6.45) is 1.79. The average Bonchev–Trinajstić information content (AvgIpc) is 3.09. The van der Waals surface area contributed by atoms with Crippen molar-refractivity contribution in [3.63, 3.8) is 0 Å². The number of nitrogens with zero attached hydrogens (tertiary/aromatic N) is 2. The third-order valence-electron chi connectivity index (χ3n) is 4.25. The second kappa shape index (κ2) is 8.35. The molecule has 0 aliphatic rings. The quantitative estimate of drug-likeness (QED) is 0.628. The van der Waals surface area contributed by atoms with Crippen LogP contribution in [0.4, 0.5) is 10.5 Å². The van der Waals surface area contributed by atoms with Gasteiger partial charge in [0.05, 0.1) is 11.7 Å². The molecule has 0 aliphatic carbocycles. The second-order valence-electron chi connectivity index (χ2n) is 6.26. The lowest BCUT2D eigenvalue weighted by atomic mass is 10.2. The topological polar surface area (TPSA) is 88.1 Å². The molecule has 0 radical (unpaired) electrons. The van der Waals surface area contributed by atoms with Crippen molar-refractivity contribution in [2.75, 3.05) is 5.32 Å². The Balaban J connectivity index is 1.54. The van der Waals surface area contributed by atoms with Gasteiger partial charge in [0.25, 0.3) is 0 Å². The van der Waals surface area contributed by atoms with Gasteiger partial charge in [0.2, 0.25) is 5.91 Å². The number of carbonyl (C=O) groups is 2. The fourth-order valence-electron chi connectivity index (χ4n) is 2.77. The smallest absolute Gasteiger partial charge is 0.319 e. The molecule has 1 heterocycles. The van der Waals surface area contributed by atoms with Crippen molar-refractivity contribution in [3.05, 3.63) is 60.3 Å². The summed E-state index contributed by atoms with van der Waals surface area (Å²) in [5.41, 5.74) is 2.60. The van der Waals surface area contributed by atoms with E-state index in [2.05, 4.69) is 21.0 Å². The number of benzene rings is 2. The largest absolute Gasteiger partial charge is 0.350 e. The molecule has 0 saturated carbocycles. The van der Waals surface area contributed by atoms with Gasteiger partial charge in [-0.2, -0.15) is 5.10 Å². The summed E-state index contributed by atoms with van der Waals surface area (Å²) in [6.45, 7) is 4.83. The van der Waals surface area contributed by atoms with E-state index in [0.717, 1.165) is 23.0 Å². The molecule has 3 N–H and O–H groups in total. The summed E-state index contributed by atoms with van der Waals surface area (Å²) in [5, 5.41) is 13.5. The molecule has 3 aromatic rings. The maximum Gasteiger partial charge on any atom is 0.319 e. The molecular formula is C20H23N5O2. The van der Waals surface area contributed by atoms with Crippen LogP contribution in [0.1, 0.15) is 19.4 Å². The van der Waals surface area contributed by atoms with E-state index in [1.54, 1.807) is 13.1 Å². The molecule has 1 aromatic heterocycles. The number of amides is 3. The monoisotopic (exact) mass is 365 g/mol. The molecule has 1 unspecified atom stereocenters. The number of hydrogen-bond acceptors (Lipinski definition) is 3. The number of rotatable bonds is 6. The van der Waals surface area contributed by atoms with Crippen molar-refractivity contribution in [1.29, 1.82) is 0 Å². The first kappa shape index (κ1) is 18.4. The number of hydrogen-bond donors (Lipinski definition) is 3. The Morgan fingerprint density at radius 3 is 2.67 bits per heavy atom. The van der Waals surface area contributed by atoms with E-state index in [0.29, 0.717) is 12.2 Å². The molecule has 0 fully saturated rings. The van der Waals surface area contributed by atoms with E-state index in [4.69, 9.17) is 0 Å². The zero-order chi connectivity index (χ0) is 19.2. The van der Waals surface area contributed by atoms with Crippen LogP contribution in [-0.2, 0) is 17.9 Å². The number of fused-ring (bicyclic) bond motifs is 1. The van der Waals surface area contributed by atoms with Crippen molar-refractivity contribution in [1.82, 2.24) is 20.4 Å². The van der Waals surface area contributed by atoms with E-state index in [-0.39, 0.29) is 5.91 Å². The molecule has 0 bridgehead atoms. The Labute approximate surface area is 157 Å². The molecule has 0 spiro atoms. The Bertz CT molecular complexity index is 936. The van der Waals surface area contributed by atoms with Crippen LogP contribution in [-0.4, -0.2) is 27.8 Å². The third kappa shape index (κ3) is 4.63. The zero-order valence-electron chi connectivity index (χ0n) is 15.4. The van der Waals surface area contributed by atoms with Crippen LogP contribution in [0.25, 0.3) is 10.9 Å². The lowest BCUT2D eigenvalue weighted by Crippen LogP contribution is -2.46. The van der Waals surface area contributed by atoms with Crippen LogP contribution in [0.2, 0.25) is 0 Å². The number of carbonyl (C=O) groups excluding carboxylic acids is 2. The molecule has 27 heavy (non-hydrogen) atoms. The lowest BCUT2D eigenvalue weighted by Gasteiger charge is -2.15. The van der Waals surface area contributed by atoms with E-state index < -0.39 is 12.1 Å². The molecule has 7 nitrogen and oxygen atoms in total. The molecule has 0 saturated heterocycles. The average molecular weight is 365 g/mol. The van der Waals surface area contributed by atoms with Gasteiger partial charge in [0.1, 0.15) is 6.04 Å². The Morgan fingerprint density at radius 1 is 1.15 bits per heavy atom. The van der Waals surface area contributed by atoms with Gasteiger partial charge in [-0.15, -0.1) is 0 Å². The number of aryl methyl sites for hydroxylation is 1. The van der Waals surface area contributed by atoms with Gasteiger partial charge in [0.15, 0.2) is 0 Å². The van der Waals surface area contributed by atoms with Gasteiger partial charge in [-0.05, 0) is 37.6 Å². The van der Waals surface area contributed by atoms with Gasteiger partial charge in [-0.25, -0.2) is 4.79 Å². The van der Waals surface area contributed by atoms with Gasteiger partial charge in [0, 0.05) is 24.2 Å². The molecule has 3 amide bonds. The predicted molar refractivity (Wildman–Crippen MR) is 105 cm³/mol. The highest BCUT2D eigenvalue weighted by molar-refractivity contribution is 5.95. The van der Waals surface area contributed by atoms with E-state index in [9.17, 15) is 9.59 Å². The Morgan fingerprint density at radius 2 is 1.93 bits per heavy atom. The van der Waals surface area contributed by atoms with E-state index in [1.807, 2.05) is 60.1 Å². The highest BCUT2D eigenvalue weighted by Crippen LogP contribution is 2.19. The highest BCUT2D eigenvalue weighted by Gasteiger charge is 2.15. The molecular weight excluding hydrogens is 342 g/mol. The summed E-state index contributed by atoms with van der Waals surface area (Å²) >= 11 is 0. The minimum Gasteiger partial charge on any atom is -0.350 e. The number of anilines is 1. The first-order valence-corrected chi connectivity index (χ1v) is 8.91. The maximum atomic E-state index is 12.2. The molecule has 3 rings (SSSR count). The maximum absolute atomic E-state index is 12.2. The van der Waals surface area contributed by atoms with Crippen molar-refractivity contribution >= 4 is 28.5 Å². The normalized spacial score (nSPS) is 11.8. The Kier molecular flexibility index (Phi) is 5.71. The van der Waals surface area contributed by atoms with Crippen LogP contribution >= 0.6 is 0 Å². The molecule has 2 aromatic carbocycles. The Hall–Kier alpha value is -3.35. The van der Waals surface area contributed by atoms with Crippen LogP contribution in [0.5, 0.6) is 0 Å². The molecule has 140 valence electrons. The lowest BCUT2D eigenvalue weighted by molar-refractivity contribution is -0.122. The van der Waals surface area contributed by atoms with E-state index in [1.165, 1.54) is 0 Å². The highest BCUT2D eigenvalue weighted by atomic mass is 16.2. The van der Waals surface area contributed by atoms with Gasteiger partial charge >= 0.3 is 6.03 Å². The van der Waals surface area contributed by atoms with Gasteiger partial charge in [-0.3, -0.25) is 9.48 Å². The standard InChI is InChI=1S/C20H23N5O2/c1-3-25-18-11-17(10-9-16(18)13-22-25)24-20(27)23-14(2)19(26)21-12-15-7-5-4-6-8-15/h4-11,13-14H,3,12H2,1-2H3,(H,21,26)(H2,23,24,27). The summed E-state index contributed by atoms with van der Waals surface area (Å²) < 4.78 is 1.86. The summed E-state index contributed by atoms with van der Waals surface area (Å²) in [4.78, 5) is 24.4. The SMILES string of the molecule is CCn1ncc2ccc(NC(=O)NC(C)C(=O)NCc3ccccc3)cc21. The first-order valence-electron chi connectivity index (χ1n) is 8.91. The predicted octanol–water partition coefficient (Wildman–Crippen LogP) is 2.88. The minimum absolute atomic E-state index is 0.242. The van der Waals surface area contributed by atoms with Crippen molar-refractivity contribution in [3.8, 4) is 0 Å². The van der Waals surface area contributed by atoms with Crippen LogP contribution in [0, 0.1) is 0 Å². The molecule has 0 aliphatic heterocycles. The minimum atomic E-state index is -0.654. The fourth-order valence-corrected chi connectivity index (χ4v) is 2.77. The van der Waals surface area contributed by atoms with Gasteiger partial charge in [-0.1, -0.05) is 30.3 Å². The van der Waals surface area contributed by atoms with E-state index >= 15 is 0 Å².